The molecule has 0 saturated carbocycles. The lowest BCUT2D eigenvalue weighted by molar-refractivity contribution is 1.61. The van der Waals surface area contributed by atoms with E-state index in [1.54, 1.807) is 0 Å². The van der Waals surface area contributed by atoms with Crippen molar-refractivity contribution < 1.29 is 0 Å². The van der Waals surface area contributed by atoms with Crippen molar-refractivity contribution in [1.29, 1.82) is 0 Å². The SMILES string of the molecule is Brc1ccccc1-c1ccccc1Pc1ccccc1. The largest absolute Gasteiger partial charge is 0.0622 e. The lowest BCUT2D eigenvalue weighted by Gasteiger charge is -2.11. The summed E-state index contributed by atoms with van der Waals surface area (Å²) in [4.78, 5) is 0. The molecule has 3 rings (SSSR count). The minimum Gasteiger partial charge on any atom is -0.0622 e. The van der Waals surface area contributed by atoms with Crippen LogP contribution in [0.5, 0.6) is 0 Å². The highest BCUT2D eigenvalue weighted by Gasteiger charge is 2.07. The Morgan fingerprint density at radius 1 is 0.600 bits per heavy atom. The average Bonchev–Trinajstić information content (AvgIpc) is 2.50. The Hall–Kier alpha value is -1.43. The lowest BCUT2D eigenvalue weighted by atomic mass is 10.1. The Morgan fingerprint density at radius 2 is 1.20 bits per heavy atom. The van der Waals surface area contributed by atoms with Crippen LogP contribution >= 0.6 is 24.5 Å². The summed E-state index contributed by atoms with van der Waals surface area (Å²) >= 11 is 3.66. The van der Waals surface area contributed by atoms with Crippen molar-refractivity contribution in [1.82, 2.24) is 0 Å². The van der Waals surface area contributed by atoms with Crippen molar-refractivity contribution in [3.05, 3.63) is 83.3 Å². The molecule has 98 valence electrons. The highest BCUT2D eigenvalue weighted by atomic mass is 79.9. The van der Waals surface area contributed by atoms with Crippen molar-refractivity contribution in [2.24, 2.45) is 0 Å². The van der Waals surface area contributed by atoms with Gasteiger partial charge in [-0.2, -0.15) is 0 Å². The van der Waals surface area contributed by atoms with Crippen LogP contribution in [0.15, 0.2) is 83.3 Å². The van der Waals surface area contributed by atoms with E-state index in [-0.39, 0.29) is 0 Å². The maximum Gasteiger partial charge on any atom is 0.0253 e. The van der Waals surface area contributed by atoms with Crippen molar-refractivity contribution in [3.8, 4) is 11.1 Å². The molecule has 1 unspecified atom stereocenters. The average molecular weight is 341 g/mol. The number of rotatable bonds is 3. The van der Waals surface area contributed by atoms with Gasteiger partial charge in [0, 0.05) is 4.47 Å². The van der Waals surface area contributed by atoms with Gasteiger partial charge in [0.15, 0.2) is 0 Å². The highest BCUT2D eigenvalue weighted by Crippen LogP contribution is 2.29. The zero-order valence-electron chi connectivity index (χ0n) is 10.9. The summed E-state index contributed by atoms with van der Waals surface area (Å²) < 4.78 is 1.14. The normalized spacial score (nSPS) is 11.1. The predicted molar refractivity (Wildman–Crippen MR) is 93.6 cm³/mol. The molecule has 0 amide bonds. The summed E-state index contributed by atoms with van der Waals surface area (Å²) in [5.74, 6) is 0. The van der Waals surface area contributed by atoms with E-state index in [1.807, 2.05) is 0 Å². The van der Waals surface area contributed by atoms with E-state index >= 15 is 0 Å². The van der Waals surface area contributed by atoms with Crippen LogP contribution < -0.4 is 10.6 Å². The Labute approximate surface area is 129 Å². The molecule has 0 saturated heterocycles. The van der Waals surface area contributed by atoms with E-state index in [1.165, 1.54) is 21.7 Å². The van der Waals surface area contributed by atoms with Crippen molar-refractivity contribution in [3.63, 3.8) is 0 Å². The van der Waals surface area contributed by atoms with Gasteiger partial charge in [0.1, 0.15) is 0 Å². The summed E-state index contributed by atoms with van der Waals surface area (Å²) in [5, 5.41) is 2.75. The van der Waals surface area contributed by atoms with Crippen LogP contribution in [0.2, 0.25) is 0 Å². The molecule has 0 spiro atoms. The minimum atomic E-state index is 0.677. The molecule has 0 radical (unpaired) electrons. The first-order valence-corrected chi connectivity index (χ1v) is 8.30. The first-order chi connectivity index (χ1) is 9.84. The molecule has 1 atom stereocenters. The molecule has 0 N–H and O–H groups in total. The molecule has 0 aliphatic carbocycles. The van der Waals surface area contributed by atoms with Gasteiger partial charge < -0.3 is 0 Å². The maximum absolute atomic E-state index is 3.66. The molecule has 0 fully saturated rings. The van der Waals surface area contributed by atoms with E-state index < -0.39 is 0 Å². The molecule has 0 aliphatic rings. The summed E-state index contributed by atoms with van der Waals surface area (Å²) in [6, 6.07) is 27.7. The standard InChI is InChI=1S/C18H14BrP/c19-17-12-6-4-10-15(17)16-11-5-7-13-18(16)20-14-8-2-1-3-9-14/h1-13,20H. The quantitative estimate of drug-likeness (QED) is 0.604. The number of halogens is 1. The number of hydrogen-bond acceptors (Lipinski definition) is 0. The Bertz CT molecular complexity index is 707. The van der Waals surface area contributed by atoms with Crippen molar-refractivity contribution >= 4 is 35.1 Å². The summed E-state index contributed by atoms with van der Waals surface area (Å²) in [6.45, 7) is 0. The molecule has 3 aromatic rings. The van der Waals surface area contributed by atoms with Gasteiger partial charge >= 0.3 is 0 Å². The third kappa shape index (κ3) is 3.00. The second-order valence-electron chi connectivity index (χ2n) is 4.52. The van der Waals surface area contributed by atoms with Crippen LogP contribution in [-0.4, -0.2) is 0 Å². The smallest absolute Gasteiger partial charge is 0.0253 e. The number of benzene rings is 3. The maximum atomic E-state index is 3.66. The zero-order chi connectivity index (χ0) is 13.8. The topological polar surface area (TPSA) is 0 Å². The minimum absolute atomic E-state index is 0.677. The first kappa shape index (κ1) is 13.5. The molecule has 0 aliphatic heterocycles. The fourth-order valence-electron chi connectivity index (χ4n) is 2.18. The molecule has 2 heteroatoms. The van der Waals surface area contributed by atoms with Gasteiger partial charge in [-0.1, -0.05) is 97.3 Å². The van der Waals surface area contributed by atoms with Crippen LogP contribution in [0.4, 0.5) is 0 Å². The monoisotopic (exact) mass is 340 g/mol. The van der Waals surface area contributed by atoms with Gasteiger partial charge in [-0.05, 0) is 27.8 Å². The third-order valence-corrected chi connectivity index (χ3v) is 5.16. The van der Waals surface area contributed by atoms with E-state index in [0.717, 1.165) is 4.47 Å². The van der Waals surface area contributed by atoms with Crippen LogP contribution in [0.3, 0.4) is 0 Å². The molecule has 0 heterocycles. The van der Waals surface area contributed by atoms with Gasteiger partial charge in [-0.25, -0.2) is 0 Å². The predicted octanol–water partition coefficient (Wildman–Crippen LogP) is 4.75. The fraction of sp³-hybridized carbons (Fsp3) is 0. The van der Waals surface area contributed by atoms with Crippen LogP contribution in [0.1, 0.15) is 0 Å². The van der Waals surface area contributed by atoms with Gasteiger partial charge in [-0.15, -0.1) is 0 Å². The fourth-order valence-corrected chi connectivity index (χ4v) is 3.88. The number of hydrogen-bond donors (Lipinski definition) is 0. The second-order valence-corrected chi connectivity index (χ2v) is 6.74. The summed E-state index contributed by atoms with van der Waals surface area (Å²) in [6.07, 6.45) is 0. The summed E-state index contributed by atoms with van der Waals surface area (Å²) in [7, 11) is 0.677. The van der Waals surface area contributed by atoms with Gasteiger partial charge in [0.2, 0.25) is 0 Å². The van der Waals surface area contributed by atoms with Crippen molar-refractivity contribution in [2.75, 3.05) is 0 Å². The van der Waals surface area contributed by atoms with E-state index in [4.69, 9.17) is 0 Å². The highest BCUT2D eigenvalue weighted by molar-refractivity contribution is 9.10. The molecule has 20 heavy (non-hydrogen) atoms. The molecule has 0 aromatic heterocycles. The molecule has 0 nitrogen and oxygen atoms in total. The van der Waals surface area contributed by atoms with Gasteiger partial charge in [0.05, 0.1) is 0 Å². The molecule has 0 bridgehead atoms. The van der Waals surface area contributed by atoms with Crippen LogP contribution in [-0.2, 0) is 0 Å². The van der Waals surface area contributed by atoms with E-state index in [0.29, 0.717) is 8.58 Å². The molecular formula is C18H14BrP. The van der Waals surface area contributed by atoms with E-state index in [2.05, 4.69) is 94.8 Å². The zero-order valence-corrected chi connectivity index (χ0v) is 13.5. The lowest BCUT2D eigenvalue weighted by Crippen LogP contribution is -2.06. The van der Waals surface area contributed by atoms with Crippen molar-refractivity contribution in [2.45, 2.75) is 0 Å². The van der Waals surface area contributed by atoms with E-state index in [9.17, 15) is 0 Å². The molecule has 3 aromatic carbocycles. The van der Waals surface area contributed by atoms with Crippen LogP contribution in [0.25, 0.3) is 11.1 Å². The summed E-state index contributed by atoms with van der Waals surface area (Å²) in [5.41, 5.74) is 2.56. The second kappa shape index (κ2) is 6.35. The Morgan fingerprint density at radius 3 is 1.95 bits per heavy atom. The van der Waals surface area contributed by atoms with Gasteiger partial charge in [-0.3, -0.25) is 0 Å². The first-order valence-electron chi connectivity index (χ1n) is 6.50. The van der Waals surface area contributed by atoms with Gasteiger partial charge in [0.25, 0.3) is 0 Å². The Kier molecular flexibility index (Phi) is 4.30. The third-order valence-electron chi connectivity index (χ3n) is 3.14. The molecular weight excluding hydrogens is 327 g/mol. The Balaban J connectivity index is 2.03. The van der Waals surface area contributed by atoms with Crippen LogP contribution in [0, 0.1) is 0 Å².